The fourth-order valence-corrected chi connectivity index (χ4v) is 3.62. The predicted octanol–water partition coefficient (Wildman–Crippen LogP) is 2.40. The molecule has 0 spiro atoms. The smallest absolute Gasteiger partial charge is 0.341 e. The first-order valence-corrected chi connectivity index (χ1v) is 9.71. The van der Waals surface area contributed by atoms with E-state index < -0.39 is 32.0 Å². The molecule has 0 bridgehead atoms. The molecule has 3 rings (SSSR count). The van der Waals surface area contributed by atoms with Gasteiger partial charge in [-0.25, -0.2) is 8.42 Å². The SMILES string of the molecule is CN1CCOc2ccc(NC(=O)c3ccccc3S(=O)(=O)C(F)F)cc2C1=O. The van der Waals surface area contributed by atoms with Gasteiger partial charge in [-0.15, -0.1) is 0 Å². The van der Waals surface area contributed by atoms with Crippen molar-refractivity contribution in [3.05, 3.63) is 53.6 Å². The molecule has 28 heavy (non-hydrogen) atoms. The monoisotopic (exact) mass is 410 g/mol. The molecule has 1 aliphatic rings. The Balaban J connectivity index is 1.94. The van der Waals surface area contributed by atoms with Crippen molar-refractivity contribution in [1.29, 1.82) is 0 Å². The molecule has 2 amide bonds. The molecular weight excluding hydrogens is 394 g/mol. The van der Waals surface area contributed by atoms with Gasteiger partial charge in [0.25, 0.3) is 11.8 Å². The van der Waals surface area contributed by atoms with Crippen molar-refractivity contribution >= 4 is 27.3 Å². The maximum Gasteiger partial charge on any atom is 0.341 e. The summed E-state index contributed by atoms with van der Waals surface area (Å²) < 4.78 is 54.9. The number of halogens is 2. The Morgan fingerprint density at radius 2 is 1.93 bits per heavy atom. The van der Waals surface area contributed by atoms with Crippen molar-refractivity contribution in [3.8, 4) is 5.75 Å². The van der Waals surface area contributed by atoms with Gasteiger partial charge in [-0.1, -0.05) is 12.1 Å². The van der Waals surface area contributed by atoms with E-state index in [1.807, 2.05) is 0 Å². The first-order valence-electron chi connectivity index (χ1n) is 8.16. The van der Waals surface area contributed by atoms with E-state index in [1.165, 1.54) is 35.2 Å². The van der Waals surface area contributed by atoms with Gasteiger partial charge in [-0.3, -0.25) is 9.59 Å². The lowest BCUT2D eigenvalue weighted by Gasteiger charge is -2.14. The molecular formula is C18H16F2N2O5S. The molecule has 148 valence electrons. The lowest BCUT2D eigenvalue weighted by molar-refractivity contribution is 0.0796. The van der Waals surface area contributed by atoms with Crippen LogP contribution in [0.15, 0.2) is 47.4 Å². The summed E-state index contributed by atoms with van der Waals surface area (Å²) in [5.41, 5.74) is 0.00368. The Kier molecular flexibility index (Phi) is 5.32. The third-order valence-corrected chi connectivity index (χ3v) is 5.61. The van der Waals surface area contributed by atoms with Crippen LogP contribution in [0.1, 0.15) is 20.7 Å². The predicted molar refractivity (Wildman–Crippen MR) is 96.5 cm³/mol. The summed E-state index contributed by atoms with van der Waals surface area (Å²) >= 11 is 0. The quantitative estimate of drug-likeness (QED) is 0.836. The number of benzene rings is 2. The summed E-state index contributed by atoms with van der Waals surface area (Å²) in [5, 5.41) is 2.44. The van der Waals surface area contributed by atoms with Crippen LogP contribution in [0.3, 0.4) is 0 Å². The van der Waals surface area contributed by atoms with Gasteiger partial charge in [-0.05, 0) is 30.3 Å². The maximum absolute atomic E-state index is 12.9. The Morgan fingerprint density at radius 3 is 2.64 bits per heavy atom. The van der Waals surface area contributed by atoms with Gasteiger partial charge in [0.1, 0.15) is 12.4 Å². The fourth-order valence-electron chi connectivity index (χ4n) is 2.70. The minimum Gasteiger partial charge on any atom is -0.491 e. The van der Waals surface area contributed by atoms with E-state index in [2.05, 4.69) is 5.32 Å². The summed E-state index contributed by atoms with van der Waals surface area (Å²) in [4.78, 5) is 25.6. The van der Waals surface area contributed by atoms with Crippen molar-refractivity contribution < 1.29 is 31.5 Å². The van der Waals surface area contributed by atoms with E-state index in [4.69, 9.17) is 4.74 Å². The van der Waals surface area contributed by atoms with E-state index in [0.717, 1.165) is 12.1 Å². The van der Waals surface area contributed by atoms with Crippen LogP contribution in [-0.4, -0.2) is 51.1 Å². The van der Waals surface area contributed by atoms with Gasteiger partial charge in [-0.2, -0.15) is 8.78 Å². The highest BCUT2D eigenvalue weighted by atomic mass is 32.2. The minimum absolute atomic E-state index is 0.195. The normalized spacial score (nSPS) is 14.3. The second kappa shape index (κ2) is 7.55. The Hall–Kier alpha value is -3.01. The van der Waals surface area contributed by atoms with Gasteiger partial charge < -0.3 is 15.0 Å². The van der Waals surface area contributed by atoms with Crippen molar-refractivity contribution in [2.75, 3.05) is 25.5 Å². The third-order valence-electron chi connectivity index (χ3n) is 4.17. The topological polar surface area (TPSA) is 92.8 Å². The van der Waals surface area contributed by atoms with Crippen LogP contribution < -0.4 is 10.1 Å². The van der Waals surface area contributed by atoms with E-state index >= 15 is 0 Å². The number of nitrogens with zero attached hydrogens (tertiary/aromatic N) is 1. The zero-order valence-corrected chi connectivity index (χ0v) is 15.5. The molecule has 0 atom stereocenters. The molecule has 0 aromatic heterocycles. The molecule has 1 heterocycles. The second-order valence-corrected chi connectivity index (χ2v) is 7.93. The number of carbonyl (C=O) groups excluding carboxylic acids is 2. The van der Waals surface area contributed by atoms with Crippen LogP contribution in [0.5, 0.6) is 5.75 Å². The largest absolute Gasteiger partial charge is 0.491 e. The van der Waals surface area contributed by atoms with Gasteiger partial charge in [0, 0.05) is 12.7 Å². The lowest BCUT2D eigenvalue weighted by Crippen LogP contribution is -2.27. The number of fused-ring (bicyclic) bond motifs is 1. The average molecular weight is 410 g/mol. The molecule has 1 aliphatic heterocycles. The number of alkyl halides is 2. The molecule has 0 aliphatic carbocycles. The van der Waals surface area contributed by atoms with E-state index in [9.17, 15) is 26.8 Å². The van der Waals surface area contributed by atoms with E-state index in [0.29, 0.717) is 18.9 Å². The highest BCUT2D eigenvalue weighted by molar-refractivity contribution is 7.91. The molecule has 0 unspecified atom stereocenters. The third kappa shape index (κ3) is 3.68. The van der Waals surface area contributed by atoms with Crippen molar-refractivity contribution in [3.63, 3.8) is 0 Å². The van der Waals surface area contributed by atoms with Gasteiger partial charge in [0.05, 0.1) is 22.6 Å². The van der Waals surface area contributed by atoms with Crippen molar-refractivity contribution in [2.24, 2.45) is 0 Å². The maximum atomic E-state index is 12.9. The summed E-state index contributed by atoms with van der Waals surface area (Å²) in [7, 11) is -3.35. The lowest BCUT2D eigenvalue weighted by atomic mass is 10.1. The number of ether oxygens (including phenoxy) is 1. The number of nitrogens with one attached hydrogen (secondary N) is 1. The van der Waals surface area contributed by atoms with Gasteiger partial charge >= 0.3 is 5.76 Å². The van der Waals surface area contributed by atoms with Crippen molar-refractivity contribution in [1.82, 2.24) is 4.90 Å². The van der Waals surface area contributed by atoms with Crippen LogP contribution >= 0.6 is 0 Å². The van der Waals surface area contributed by atoms with Crippen LogP contribution in [0.25, 0.3) is 0 Å². The first-order chi connectivity index (χ1) is 13.2. The van der Waals surface area contributed by atoms with Gasteiger partial charge in [0.15, 0.2) is 0 Å². The molecule has 0 saturated carbocycles. The van der Waals surface area contributed by atoms with Gasteiger partial charge in [0.2, 0.25) is 9.84 Å². The summed E-state index contributed by atoms with van der Waals surface area (Å²) in [6.07, 6.45) is 0. The highest BCUT2D eigenvalue weighted by Gasteiger charge is 2.31. The molecule has 1 N–H and O–H groups in total. The fraction of sp³-hybridized carbons (Fsp3) is 0.222. The van der Waals surface area contributed by atoms with Crippen LogP contribution in [-0.2, 0) is 9.84 Å². The number of sulfone groups is 1. The minimum atomic E-state index is -4.96. The van der Waals surface area contributed by atoms with Crippen LogP contribution in [0.4, 0.5) is 14.5 Å². The zero-order chi connectivity index (χ0) is 20.5. The Bertz CT molecular complexity index is 1040. The summed E-state index contributed by atoms with van der Waals surface area (Å²) in [6.45, 7) is 0.716. The van der Waals surface area contributed by atoms with Crippen molar-refractivity contribution in [2.45, 2.75) is 10.7 Å². The van der Waals surface area contributed by atoms with Crippen LogP contribution in [0, 0.1) is 0 Å². The zero-order valence-electron chi connectivity index (χ0n) is 14.7. The van der Waals surface area contributed by atoms with E-state index in [1.54, 1.807) is 7.05 Å². The second-order valence-electron chi connectivity index (χ2n) is 6.04. The molecule has 10 heteroatoms. The Morgan fingerprint density at radius 1 is 1.21 bits per heavy atom. The number of anilines is 1. The number of carbonyl (C=O) groups is 2. The highest BCUT2D eigenvalue weighted by Crippen LogP contribution is 2.27. The standard InChI is InChI=1S/C18H16F2N2O5S/c1-22-8-9-27-14-7-6-11(10-13(14)17(22)24)21-16(23)12-4-2-3-5-15(12)28(25,26)18(19)20/h2-7,10,18H,8-9H2,1H3,(H,21,23). The average Bonchev–Trinajstić information content (AvgIpc) is 2.80. The number of amides is 2. The number of likely N-dealkylation sites (N-methyl/N-ethyl adjacent to an activating group) is 1. The summed E-state index contributed by atoms with van der Waals surface area (Å²) in [5.74, 6) is -4.49. The molecule has 0 radical (unpaired) electrons. The molecule has 2 aromatic rings. The molecule has 2 aromatic carbocycles. The van der Waals surface area contributed by atoms with E-state index in [-0.39, 0.29) is 17.2 Å². The number of hydrogen-bond acceptors (Lipinski definition) is 5. The summed E-state index contributed by atoms with van der Waals surface area (Å²) in [6, 6.07) is 9.06. The molecule has 0 saturated heterocycles. The first kappa shape index (κ1) is 19.7. The number of rotatable bonds is 4. The number of hydrogen-bond donors (Lipinski definition) is 1. The molecule has 0 fully saturated rings. The Labute approximate surface area is 159 Å². The van der Waals surface area contributed by atoms with Crippen LogP contribution in [0.2, 0.25) is 0 Å². The molecule has 7 nitrogen and oxygen atoms in total.